The third-order valence-corrected chi connectivity index (χ3v) is 4.80. The van der Waals surface area contributed by atoms with Gasteiger partial charge in [0.2, 0.25) is 0 Å². The smallest absolute Gasteiger partial charge is 0.347 e. The first-order valence-corrected chi connectivity index (χ1v) is 7.53. The van der Waals surface area contributed by atoms with E-state index in [9.17, 15) is 18.0 Å². The summed E-state index contributed by atoms with van der Waals surface area (Å²) in [7, 11) is 2.08. The molecule has 2 fully saturated rings. The topological polar surface area (TPSA) is 39.3 Å². The van der Waals surface area contributed by atoms with Crippen molar-refractivity contribution in [3.8, 4) is 0 Å². The highest BCUT2D eigenvalue weighted by atomic mass is 19.4. The summed E-state index contributed by atoms with van der Waals surface area (Å²) in [5, 5.41) is 0. The lowest BCUT2D eigenvalue weighted by Crippen LogP contribution is -2.43. The first-order chi connectivity index (χ1) is 10.3. The van der Waals surface area contributed by atoms with E-state index in [1.165, 1.54) is 6.07 Å². The highest BCUT2D eigenvalue weighted by molar-refractivity contribution is 5.92. The zero-order valence-corrected chi connectivity index (χ0v) is 12.5. The molecule has 0 aliphatic carbocycles. The summed E-state index contributed by atoms with van der Waals surface area (Å²) in [5.41, 5.74) is -0.738. The van der Waals surface area contributed by atoms with Crippen molar-refractivity contribution in [2.24, 2.45) is 5.41 Å². The Morgan fingerprint density at radius 3 is 2.64 bits per heavy atom. The van der Waals surface area contributed by atoms with Crippen LogP contribution in [0.5, 0.6) is 0 Å². The molecule has 1 spiro atoms. The molecule has 0 bridgehead atoms. The number of hydrogen-bond donors (Lipinski definition) is 1. The number of nitrogens with zero attached hydrogens (tertiary/aromatic N) is 2. The van der Waals surface area contributed by atoms with E-state index in [4.69, 9.17) is 0 Å². The van der Waals surface area contributed by atoms with Gasteiger partial charge in [-0.2, -0.15) is 13.2 Å². The van der Waals surface area contributed by atoms with Crippen molar-refractivity contribution < 1.29 is 18.0 Å². The molecule has 0 aromatic carbocycles. The molecule has 1 amide bonds. The van der Waals surface area contributed by atoms with Gasteiger partial charge in [0, 0.05) is 25.0 Å². The van der Waals surface area contributed by atoms with E-state index in [1.807, 2.05) is 0 Å². The summed E-state index contributed by atoms with van der Waals surface area (Å²) in [4.78, 5) is 18.6. The normalized spacial score (nSPS) is 26.8. The van der Waals surface area contributed by atoms with Crippen LogP contribution in [0.15, 0.2) is 12.1 Å². The molecule has 3 heterocycles. The van der Waals surface area contributed by atoms with Crippen LogP contribution in [-0.4, -0.2) is 53.9 Å². The lowest BCUT2D eigenvalue weighted by Gasteiger charge is -2.38. The van der Waals surface area contributed by atoms with E-state index < -0.39 is 11.9 Å². The maximum absolute atomic E-state index is 12.6. The Morgan fingerprint density at radius 2 is 2.00 bits per heavy atom. The highest BCUT2D eigenvalue weighted by Gasteiger charge is 2.42. The maximum atomic E-state index is 12.6. The third kappa shape index (κ3) is 2.86. The van der Waals surface area contributed by atoms with Crippen LogP contribution in [0.1, 0.15) is 35.4 Å². The lowest BCUT2D eigenvalue weighted by molar-refractivity contribution is -0.140. The number of rotatable bonds is 1. The monoisotopic (exact) mass is 315 g/mol. The van der Waals surface area contributed by atoms with Gasteiger partial charge >= 0.3 is 6.18 Å². The summed E-state index contributed by atoms with van der Waals surface area (Å²) in [5.74, 6) is -0.333. The molecule has 1 aromatic heterocycles. The Kier molecular flexibility index (Phi) is 3.71. The number of carbonyl (C=O) groups is 1. The predicted molar refractivity (Wildman–Crippen MR) is 75.5 cm³/mol. The Bertz CT molecular complexity index is 569. The Labute approximate surface area is 127 Å². The summed E-state index contributed by atoms with van der Waals surface area (Å²) < 4.78 is 37.8. The van der Waals surface area contributed by atoms with Crippen molar-refractivity contribution in [1.29, 1.82) is 0 Å². The lowest BCUT2D eigenvalue weighted by atomic mass is 9.79. The summed E-state index contributed by atoms with van der Waals surface area (Å²) in [6.45, 7) is 3.28. The van der Waals surface area contributed by atoms with Gasteiger partial charge in [0.25, 0.3) is 5.91 Å². The molecule has 2 aliphatic heterocycles. The van der Waals surface area contributed by atoms with Crippen molar-refractivity contribution >= 4 is 5.91 Å². The summed E-state index contributed by atoms with van der Waals surface area (Å²) >= 11 is 0. The van der Waals surface area contributed by atoms with E-state index in [0.717, 1.165) is 38.4 Å². The fraction of sp³-hybridized carbons (Fsp3) is 0.667. The van der Waals surface area contributed by atoms with Crippen LogP contribution in [0, 0.1) is 5.41 Å². The number of aromatic nitrogens is 1. The second-order valence-electron chi connectivity index (χ2n) is 6.60. The molecule has 1 unspecified atom stereocenters. The van der Waals surface area contributed by atoms with Crippen LogP contribution in [-0.2, 0) is 6.18 Å². The van der Waals surface area contributed by atoms with Gasteiger partial charge in [-0.1, -0.05) is 0 Å². The van der Waals surface area contributed by atoms with Gasteiger partial charge in [-0.15, -0.1) is 0 Å². The zero-order valence-electron chi connectivity index (χ0n) is 12.5. The second-order valence-corrected chi connectivity index (χ2v) is 6.60. The van der Waals surface area contributed by atoms with Gasteiger partial charge in [0.1, 0.15) is 11.4 Å². The van der Waals surface area contributed by atoms with Crippen molar-refractivity contribution in [3.05, 3.63) is 23.5 Å². The maximum Gasteiger partial charge on any atom is 0.431 e. The molecule has 0 saturated carbocycles. The second kappa shape index (κ2) is 5.30. The number of alkyl halides is 3. The van der Waals surface area contributed by atoms with Crippen molar-refractivity contribution in [1.82, 2.24) is 14.8 Å². The van der Waals surface area contributed by atoms with Gasteiger partial charge < -0.3 is 14.8 Å². The molecule has 7 heteroatoms. The predicted octanol–water partition coefficient (Wildman–Crippen LogP) is 2.59. The Hall–Kier alpha value is -1.50. The molecule has 1 N–H and O–H groups in total. The zero-order chi connectivity index (χ0) is 16.0. The molecule has 22 heavy (non-hydrogen) atoms. The molecule has 122 valence electrons. The summed E-state index contributed by atoms with van der Waals surface area (Å²) in [6, 6.07) is 2.15. The largest absolute Gasteiger partial charge is 0.431 e. The number of piperidine rings is 1. The van der Waals surface area contributed by atoms with Gasteiger partial charge in [-0.05, 0) is 45.0 Å². The number of hydrogen-bond acceptors (Lipinski definition) is 2. The Balaban J connectivity index is 1.70. The third-order valence-electron chi connectivity index (χ3n) is 4.80. The van der Waals surface area contributed by atoms with E-state index in [0.29, 0.717) is 13.1 Å². The van der Waals surface area contributed by atoms with Gasteiger partial charge in [0.05, 0.1) is 0 Å². The molecular weight excluding hydrogens is 295 g/mol. The first kappa shape index (κ1) is 15.4. The van der Waals surface area contributed by atoms with E-state index in [2.05, 4.69) is 16.9 Å². The van der Waals surface area contributed by atoms with Crippen LogP contribution < -0.4 is 0 Å². The highest BCUT2D eigenvalue weighted by Crippen LogP contribution is 2.39. The van der Waals surface area contributed by atoms with Crippen LogP contribution in [0.4, 0.5) is 13.2 Å². The Morgan fingerprint density at radius 1 is 1.23 bits per heavy atom. The number of carbonyl (C=O) groups excluding carboxylic acids is 1. The number of H-pyrrole nitrogens is 1. The molecule has 0 radical (unpaired) electrons. The molecule has 3 rings (SSSR count). The number of nitrogens with one attached hydrogen (secondary N) is 1. The van der Waals surface area contributed by atoms with E-state index in [-0.39, 0.29) is 17.0 Å². The first-order valence-electron chi connectivity index (χ1n) is 7.53. The number of amides is 1. The molecule has 2 saturated heterocycles. The van der Waals surface area contributed by atoms with Gasteiger partial charge in [-0.3, -0.25) is 4.79 Å². The minimum absolute atomic E-state index is 0.0218. The van der Waals surface area contributed by atoms with Crippen LogP contribution in [0.2, 0.25) is 0 Å². The molecule has 1 aromatic rings. The van der Waals surface area contributed by atoms with Crippen molar-refractivity contribution in [2.45, 2.75) is 25.4 Å². The van der Waals surface area contributed by atoms with Gasteiger partial charge in [-0.25, -0.2) is 0 Å². The van der Waals surface area contributed by atoms with E-state index >= 15 is 0 Å². The quantitative estimate of drug-likeness (QED) is 0.865. The van der Waals surface area contributed by atoms with E-state index in [1.54, 1.807) is 4.90 Å². The molecule has 1 atom stereocenters. The standard InChI is InChI=1S/C15H20F3N3O/c1-20-7-2-5-14(9-20)6-8-21(10-14)13(22)11-3-4-12(19-11)15(16,17)18/h3-4,19H,2,5-10H2,1H3. The summed E-state index contributed by atoms with van der Waals surface area (Å²) in [6.07, 6.45) is -1.33. The number of likely N-dealkylation sites (tertiary alicyclic amines) is 2. The van der Waals surface area contributed by atoms with Crippen molar-refractivity contribution in [2.75, 3.05) is 33.2 Å². The number of aromatic amines is 1. The van der Waals surface area contributed by atoms with Crippen LogP contribution >= 0.6 is 0 Å². The average Bonchev–Trinajstić information content (AvgIpc) is 3.05. The minimum atomic E-state index is -4.45. The van der Waals surface area contributed by atoms with Crippen LogP contribution in [0.3, 0.4) is 0 Å². The van der Waals surface area contributed by atoms with Gasteiger partial charge in [0.15, 0.2) is 0 Å². The fourth-order valence-corrected chi connectivity index (χ4v) is 3.75. The van der Waals surface area contributed by atoms with Crippen LogP contribution in [0.25, 0.3) is 0 Å². The average molecular weight is 315 g/mol. The molecular formula is C15H20F3N3O. The number of halogens is 3. The molecule has 4 nitrogen and oxygen atoms in total. The minimum Gasteiger partial charge on any atom is -0.347 e. The van der Waals surface area contributed by atoms with Crippen molar-refractivity contribution in [3.63, 3.8) is 0 Å². The fourth-order valence-electron chi connectivity index (χ4n) is 3.75. The molecule has 2 aliphatic rings. The SMILES string of the molecule is CN1CCCC2(CCN(C(=O)c3ccc(C(F)(F)F)[nH]3)C2)C1.